The number of carboxylic acids is 1. The molecule has 0 bridgehead atoms. The Morgan fingerprint density at radius 3 is 2.46 bits per heavy atom. The first kappa shape index (κ1) is 16.2. The number of carbonyl (C=O) groups is 1. The third-order valence-corrected chi connectivity index (χ3v) is 4.46. The predicted molar refractivity (Wildman–Crippen MR) is 90.9 cm³/mol. The van der Waals surface area contributed by atoms with Gasteiger partial charge in [0.25, 0.3) is 0 Å². The highest BCUT2D eigenvalue weighted by atomic mass is 16.5. The van der Waals surface area contributed by atoms with E-state index < -0.39 is 11.5 Å². The van der Waals surface area contributed by atoms with Crippen molar-refractivity contribution in [3.05, 3.63) is 71.3 Å². The zero-order valence-electron chi connectivity index (χ0n) is 13.3. The van der Waals surface area contributed by atoms with Crippen molar-refractivity contribution < 1.29 is 20.2 Å². The summed E-state index contributed by atoms with van der Waals surface area (Å²) in [6.07, 6.45) is 1.89. The number of fused-ring (bicyclic) bond motifs is 1. The minimum atomic E-state index is -1.06. The molecule has 24 heavy (non-hydrogen) atoms. The van der Waals surface area contributed by atoms with E-state index >= 15 is 0 Å². The molecule has 5 heteroatoms. The number of nitrogens with zero attached hydrogens (tertiary/aromatic N) is 1. The molecular formula is C19H19NO4. The first-order chi connectivity index (χ1) is 11.5. The normalized spacial score (nSPS) is 19.6. The van der Waals surface area contributed by atoms with E-state index in [1.807, 2.05) is 30.3 Å². The molecule has 2 aromatic rings. The van der Waals surface area contributed by atoms with E-state index in [1.165, 1.54) is 0 Å². The van der Waals surface area contributed by atoms with Crippen LogP contribution in [-0.2, 0) is 16.8 Å². The highest BCUT2D eigenvalue weighted by Crippen LogP contribution is 2.44. The zero-order valence-corrected chi connectivity index (χ0v) is 13.3. The van der Waals surface area contributed by atoms with Crippen LogP contribution in [0.2, 0.25) is 0 Å². The lowest BCUT2D eigenvalue weighted by Gasteiger charge is -2.41. The molecule has 2 aromatic carbocycles. The van der Waals surface area contributed by atoms with Crippen molar-refractivity contribution in [3.8, 4) is 0 Å². The van der Waals surface area contributed by atoms with Crippen LogP contribution in [-0.4, -0.2) is 28.0 Å². The maximum Gasteiger partial charge on any atom is 0.336 e. The molecule has 0 fully saturated rings. The summed E-state index contributed by atoms with van der Waals surface area (Å²) in [6, 6.07) is 14.5. The van der Waals surface area contributed by atoms with Gasteiger partial charge < -0.3 is 10.2 Å². The van der Waals surface area contributed by atoms with Crippen LogP contribution in [0.25, 0.3) is 5.57 Å². The molecule has 1 unspecified atom stereocenters. The number of aliphatic carboxylic acids is 1. The molecule has 0 saturated carbocycles. The van der Waals surface area contributed by atoms with Gasteiger partial charge in [-0.05, 0) is 36.6 Å². The maximum atomic E-state index is 11.9. The lowest BCUT2D eigenvalue weighted by molar-refractivity contribution is -0.130. The van der Waals surface area contributed by atoms with Gasteiger partial charge in [0, 0.05) is 12.2 Å². The van der Waals surface area contributed by atoms with Gasteiger partial charge in [0.05, 0.1) is 11.3 Å². The van der Waals surface area contributed by atoms with Crippen molar-refractivity contribution in [1.29, 1.82) is 0 Å². The number of rotatable bonds is 4. The van der Waals surface area contributed by atoms with Crippen LogP contribution in [0, 0.1) is 0 Å². The Balaban J connectivity index is 2.26. The SMILES string of the molecule is CC1(c2ccccc2)C=C(C(=O)O)c2c(CCO)cccc2N1O. The van der Waals surface area contributed by atoms with Gasteiger partial charge in [0.2, 0.25) is 0 Å². The summed E-state index contributed by atoms with van der Waals surface area (Å²) in [5.41, 5.74) is 1.48. The minimum absolute atomic E-state index is 0.0925. The van der Waals surface area contributed by atoms with Crippen molar-refractivity contribution >= 4 is 17.2 Å². The first-order valence-corrected chi connectivity index (χ1v) is 7.73. The molecule has 3 rings (SSSR count). The van der Waals surface area contributed by atoms with Gasteiger partial charge >= 0.3 is 5.97 Å². The van der Waals surface area contributed by atoms with Crippen LogP contribution in [0.4, 0.5) is 5.69 Å². The van der Waals surface area contributed by atoms with Crippen LogP contribution in [0.3, 0.4) is 0 Å². The molecule has 5 nitrogen and oxygen atoms in total. The fraction of sp³-hybridized carbons (Fsp3) is 0.211. The van der Waals surface area contributed by atoms with Crippen molar-refractivity contribution in [3.63, 3.8) is 0 Å². The Morgan fingerprint density at radius 2 is 1.83 bits per heavy atom. The smallest absolute Gasteiger partial charge is 0.336 e. The van der Waals surface area contributed by atoms with E-state index in [9.17, 15) is 20.2 Å². The van der Waals surface area contributed by atoms with E-state index in [4.69, 9.17) is 0 Å². The third kappa shape index (κ3) is 2.48. The lowest BCUT2D eigenvalue weighted by Crippen LogP contribution is -2.43. The Morgan fingerprint density at radius 1 is 1.12 bits per heavy atom. The number of hydroxylamine groups is 1. The first-order valence-electron chi connectivity index (χ1n) is 7.73. The molecule has 0 aromatic heterocycles. The highest BCUT2D eigenvalue weighted by molar-refractivity contribution is 6.18. The maximum absolute atomic E-state index is 11.9. The van der Waals surface area contributed by atoms with E-state index in [-0.39, 0.29) is 12.2 Å². The molecule has 0 amide bonds. The molecule has 124 valence electrons. The Labute approximate surface area is 140 Å². The number of hydrogen-bond donors (Lipinski definition) is 3. The quantitative estimate of drug-likeness (QED) is 0.805. The van der Waals surface area contributed by atoms with E-state index in [1.54, 1.807) is 31.2 Å². The lowest BCUT2D eigenvalue weighted by atomic mass is 9.81. The number of aliphatic hydroxyl groups excluding tert-OH is 1. The van der Waals surface area contributed by atoms with Crippen molar-refractivity contribution in [2.75, 3.05) is 11.7 Å². The molecule has 0 radical (unpaired) electrons. The van der Waals surface area contributed by atoms with Crippen LogP contribution in [0.15, 0.2) is 54.6 Å². The van der Waals surface area contributed by atoms with Crippen LogP contribution in [0.1, 0.15) is 23.6 Å². The standard InChI is InChI=1S/C19H19NO4/c1-19(14-7-3-2-4-8-14)12-15(18(22)23)17-13(10-11-21)6-5-9-16(17)20(19)24/h2-9,12,21,24H,10-11H2,1H3,(H,22,23). The number of anilines is 1. The van der Waals surface area contributed by atoms with Crippen LogP contribution in [0.5, 0.6) is 0 Å². The molecule has 1 aliphatic heterocycles. The second-order valence-corrected chi connectivity index (χ2v) is 5.97. The van der Waals surface area contributed by atoms with E-state index in [0.29, 0.717) is 23.2 Å². The summed E-state index contributed by atoms with van der Waals surface area (Å²) in [4.78, 5) is 11.9. The summed E-state index contributed by atoms with van der Waals surface area (Å²) >= 11 is 0. The second kappa shape index (κ2) is 6.11. The van der Waals surface area contributed by atoms with Gasteiger partial charge in [0.1, 0.15) is 5.54 Å². The second-order valence-electron chi connectivity index (χ2n) is 5.97. The van der Waals surface area contributed by atoms with E-state index in [0.717, 1.165) is 10.6 Å². The molecular weight excluding hydrogens is 306 g/mol. The van der Waals surface area contributed by atoms with Gasteiger partial charge in [-0.3, -0.25) is 5.21 Å². The topological polar surface area (TPSA) is 81.0 Å². The molecule has 1 heterocycles. The Bertz CT molecular complexity index is 800. The third-order valence-electron chi connectivity index (χ3n) is 4.46. The molecule has 3 N–H and O–H groups in total. The highest BCUT2D eigenvalue weighted by Gasteiger charge is 2.39. The fourth-order valence-corrected chi connectivity index (χ4v) is 3.22. The molecule has 0 saturated heterocycles. The van der Waals surface area contributed by atoms with Gasteiger partial charge in [-0.1, -0.05) is 42.5 Å². The molecule has 0 aliphatic carbocycles. The molecule has 1 aliphatic rings. The Hall–Kier alpha value is -2.63. The predicted octanol–water partition coefficient (Wildman–Crippen LogP) is 2.81. The Kier molecular flexibility index (Phi) is 4.13. The summed E-state index contributed by atoms with van der Waals surface area (Å²) < 4.78 is 0. The monoisotopic (exact) mass is 325 g/mol. The summed E-state index contributed by atoms with van der Waals surface area (Å²) in [6.45, 7) is 1.68. The molecule has 0 spiro atoms. The number of carboxylic acid groups (broad SMARTS) is 1. The van der Waals surface area contributed by atoms with Crippen LogP contribution < -0.4 is 5.06 Å². The summed E-state index contributed by atoms with van der Waals surface area (Å²) in [5.74, 6) is -1.06. The van der Waals surface area contributed by atoms with Crippen LogP contribution >= 0.6 is 0 Å². The minimum Gasteiger partial charge on any atom is -0.478 e. The average molecular weight is 325 g/mol. The van der Waals surface area contributed by atoms with Gasteiger partial charge in [-0.2, -0.15) is 0 Å². The van der Waals surface area contributed by atoms with Crippen molar-refractivity contribution in [2.24, 2.45) is 0 Å². The number of hydrogen-bond acceptors (Lipinski definition) is 4. The van der Waals surface area contributed by atoms with Crippen molar-refractivity contribution in [1.82, 2.24) is 0 Å². The summed E-state index contributed by atoms with van der Waals surface area (Å²) in [5, 5.41) is 30.9. The average Bonchev–Trinajstić information content (AvgIpc) is 2.59. The number of aliphatic hydroxyl groups is 1. The molecule has 1 atom stereocenters. The zero-order chi connectivity index (χ0) is 17.3. The van der Waals surface area contributed by atoms with Gasteiger partial charge in [0.15, 0.2) is 0 Å². The fourth-order valence-electron chi connectivity index (χ4n) is 3.22. The van der Waals surface area contributed by atoms with E-state index in [2.05, 4.69) is 0 Å². The van der Waals surface area contributed by atoms with Gasteiger partial charge in [-0.15, -0.1) is 0 Å². The summed E-state index contributed by atoms with van der Waals surface area (Å²) in [7, 11) is 0. The van der Waals surface area contributed by atoms with Gasteiger partial charge in [-0.25, -0.2) is 9.86 Å². The largest absolute Gasteiger partial charge is 0.478 e. The number of benzene rings is 2. The van der Waals surface area contributed by atoms with Crippen molar-refractivity contribution in [2.45, 2.75) is 18.9 Å².